The minimum Gasteiger partial charge on any atom is -0.322 e. The molecule has 7 heteroatoms. The fraction of sp³-hybridized carbons (Fsp3) is 0.300. The van der Waals surface area contributed by atoms with Crippen LogP contribution in [0.15, 0.2) is 47.4 Å². The molecule has 0 fully saturated rings. The molecule has 3 rings (SSSR count). The fourth-order valence-electron chi connectivity index (χ4n) is 3.21. The highest BCUT2D eigenvalue weighted by Crippen LogP contribution is 2.33. The van der Waals surface area contributed by atoms with Gasteiger partial charge < -0.3 is 5.32 Å². The molecular formula is C20H22N2O4S. The lowest BCUT2D eigenvalue weighted by Gasteiger charge is -2.18. The number of amides is 2. The molecule has 0 aromatic heterocycles. The Labute approximate surface area is 159 Å². The predicted octanol–water partition coefficient (Wildman–Crippen LogP) is 3.62. The van der Waals surface area contributed by atoms with Crippen molar-refractivity contribution < 1.29 is 18.0 Å². The van der Waals surface area contributed by atoms with Gasteiger partial charge in [0, 0.05) is 17.3 Å². The van der Waals surface area contributed by atoms with Crippen LogP contribution in [0, 0.1) is 0 Å². The molecule has 2 amide bonds. The van der Waals surface area contributed by atoms with E-state index in [1.54, 1.807) is 19.9 Å². The molecule has 0 saturated carbocycles. The number of hydrogen-bond donors (Lipinski definition) is 1. The molecule has 27 heavy (non-hydrogen) atoms. The van der Waals surface area contributed by atoms with Crippen LogP contribution in [0.1, 0.15) is 59.9 Å². The van der Waals surface area contributed by atoms with Gasteiger partial charge in [-0.1, -0.05) is 32.0 Å². The van der Waals surface area contributed by atoms with E-state index in [2.05, 4.69) is 5.32 Å². The second-order valence-corrected chi connectivity index (χ2v) is 8.89. The van der Waals surface area contributed by atoms with E-state index in [1.807, 2.05) is 32.0 Å². The first-order valence-corrected chi connectivity index (χ1v) is 10.2. The molecule has 1 N–H and O–H groups in total. The molecule has 0 atom stereocenters. The van der Waals surface area contributed by atoms with Gasteiger partial charge in [0.25, 0.3) is 21.8 Å². The molecule has 1 heterocycles. The molecule has 0 spiro atoms. The topological polar surface area (TPSA) is 83.6 Å². The summed E-state index contributed by atoms with van der Waals surface area (Å²) in [5, 5.41) is 2.84. The Balaban J connectivity index is 1.97. The zero-order valence-electron chi connectivity index (χ0n) is 15.7. The Morgan fingerprint density at radius 3 is 2.33 bits per heavy atom. The summed E-state index contributed by atoms with van der Waals surface area (Å²) < 4.78 is 26.2. The number of anilines is 1. The van der Waals surface area contributed by atoms with Crippen molar-refractivity contribution in [1.82, 2.24) is 4.31 Å². The van der Waals surface area contributed by atoms with Gasteiger partial charge in [-0.15, -0.1) is 0 Å². The van der Waals surface area contributed by atoms with Crippen molar-refractivity contribution in [3.8, 4) is 0 Å². The highest BCUT2D eigenvalue weighted by atomic mass is 32.2. The third-order valence-electron chi connectivity index (χ3n) is 4.51. The quantitative estimate of drug-likeness (QED) is 0.870. The van der Waals surface area contributed by atoms with Crippen molar-refractivity contribution in [2.24, 2.45) is 0 Å². The van der Waals surface area contributed by atoms with Gasteiger partial charge in [0.05, 0.1) is 5.56 Å². The molecule has 0 bridgehead atoms. The van der Waals surface area contributed by atoms with E-state index < -0.39 is 27.9 Å². The Morgan fingerprint density at radius 1 is 1.04 bits per heavy atom. The van der Waals surface area contributed by atoms with Crippen LogP contribution < -0.4 is 5.32 Å². The van der Waals surface area contributed by atoms with Gasteiger partial charge in [0.1, 0.15) is 4.90 Å². The summed E-state index contributed by atoms with van der Waals surface area (Å²) >= 11 is 0. The summed E-state index contributed by atoms with van der Waals surface area (Å²) in [4.78, 5) is 25.0. The lowest BCUT2D eigenvalue weighted by molar-refractivity contribution is 0.0846. The second-order valence-electron chi connectivity index (χ2n) is 7.11. The minimum absolute atomic E-state index is 0.0998. The van der Waals surface area contributed by atoms with Crippen LogP contribution >= 0.6 is 0 Å². The molecule has 0 unspecified atom stereocenters. The van der Waals surface area contributed by atoms with E-state index in [-0.39, 0.29) is 21.9 Å². The van der Waals surface area contributed by atoms with Crippen LogP contribution in [-0.2, 0) is 10.0 Å². The van der Waals surface area contributed by atoms with E-state index in [4.69, 9.17) is 0 Å². The summed E-state index contributed by atoms with van der Waals surface area (Å²) in [5.74, 6) is -0.757. The second kappa shape index (κ2) is 6.81. The van der Waals surface area contributed by atoms with Gasteiger partial charge in [0.2, 0.25) is 0 Å². The molecule has 1 aliphatic rings. The summed E-state index contributed by atoms with van der Waals surface area (Å²) in [6.07, 6.45) is 0. The zero-order valence-corrected chi connectivity index (χ0v) is 16.5. The summed E-state index contributed by atoms with van der Waals surface area (Å²) in [7, 11) is -3.94. The summed E-state index contributed by atoms with van der Waals surface area (Å²) in [5.41, 5.74) is 1.96. The average Bonchev–Trinajstić information content (AvgIpc) is 2.80. The number of hydrogen-bond acceptors (Lipinski definition) is 4. The van der Waals surface area contributed by atoms with Gasteiger partial charge in [-0.2, -0.15) is 0 Å². The maximum Gasteiger partial charge on any atom is 0.269 e. The van der Waals surface area contributed by atoms with Crippen LogP contribution in [-0.4, -0.2) is 30.6 Å². The molecule has 6 nitrogen and oxygen atoms in total. The smallest absolute Gasteiger partial charge is 0.269 e. The van der Waals surface area contributed by atoms with Crippen molar-refractivity contribution in [3.05, 3.63) is 59.2 Å². The van der Waals surface area contributed by atoms with E-state index in [0.717, 1.165) is 9.87 Å². The van der Waals surface area contributed by atoms with Crippen molar-refractivity contribution in [2.75, 3.05) is 5.32 Å². The minimum atomic E-state index is -3.94. The number of para-hydroxylation sites is 1. The lowest BCUT2D eigenvalue weighted by Crippen LogP contribution is -2.36. The van der Waals surface area contributed by atoms with Gasteiger partial charge in [-0.25, -0.2) is 12.7 Å². The van der Waals surface area contributed by atoms with Gasteiger partial charge >= 0.3 is 0 Å². The number of carbonyl (C=O) groups excluding carboxylic acids is 2. The van der Waals surface area contributed by atoms with Crippen molar-refractivity contribution in [2.45, 2.75) is 44.6 Å². The van der Waals surface area contributed by atoms with E-state index >= 15 is 0 Å². The summed E-state index contributed by atoms with van der Waals surface area (Å²) in [6, 6.07) is 11.1. The number of sulfonamides is 1. The Morgan fingerprint density at radius 2 is 1.70 bits per heavy atom. The van der Waals surface area contributed by atoms with Crippen LogP contribution in [0.2, 0.25) is 0 Å². The van der Waals surface area contributed by atoms with Crippen LogP contribution in [0.3, 0.4) is 0 Å². The van der Waals surface area contributed by atoms with Crippen LogP contribution in [0.25, 0.3) is 0 Å². The molecule has 0 radical (unpaired) electrons. The van der Waals surface area contributed by atoms with Gasteiger partial charge in [-0.3, -0.25) is 9.59 Å². The number of rotatable bonds is 4. The normalized spacial score (nSPS) is 15.3. The molecule has 2 aromatic carbocycles. The molecule has 142 valence electrons. The summed E-state index contributed by atoms with van der Waals surface area (Å²) in [6.45, 7) is 7.33. The first kappa shape index (κ1) is 19.1. The van der Waals surface area contributed by atoms with Gasteiger partial charge in [0.15, 0.2) is 0 Å². The Bertz CT molecular complexity index is 1030. The van der Waals surface area contributed by atoms with E-state index in [1.165, 1.54) is 18.2 Å². The standard InChI is InChI=1S/C20H22N2O4S/c1-12(2)15-7-5-6-8-17(15)21-19(23)14-9-10-16-18(11-14)27(25,26)22(13(3)4)20(16)24/h5-13H,1-4H3,(H,21,23). The van der Waals surface area contributed by atoms with Gasteiger partial charge in [-0.05, 0) is 49.6 Å². The first-order chi connectivity index (χ1) is 12.6. The number of benzene rings is 2. The number of carbonyl (C=O) groups is 2. The van der Waals surface area contributed by atoms with Crippen LogP contribution in [0.4, 0.5) is 5.69 Å². The third kappa shape index (κ3) is 3.23. The maximum atomic E-state index is 12.7. The lowest BCUT2D eigenvalue weighted by atomic mass is 10.0. The van der Waals surface area contributed by atoms with Crippen molar-refractivity contribution in [3.63, 3.8) is 0 Å². The van der Waals surface area contributed by atoms with E-state index in [0.29, 0.717) is 5.69 Å². The van der Waals surface area contributed by atoms with E-state index in [9.17, 15) is 18.0 Å². The third-order valence-corrected chi connectivity index (χ3v) is 6.51. The first-order valence-electron chi connectivity index (χ1n) is 8.77. The average molecular weight is 386 g/mol. The monoisotopic (exact) mass is 386 g/mol. The number of nitrogens with one attached hydrogen (secondary N) is 1. The fourth-order valence-corrected chi connectivity index (χ4v) is 5.00. The zero-order chi connectivity index (χ0) is 19.9. The molecular weight excluding hydrogens is 364 g/mol. The molecule has 0 saturated heterocycles. The highest BCUT2D eigenvalue weighted by Gasteiger charge is 2.42. The SMILES string of the molecule is CC(C)c1ccccc1NC(=O)c1ccc2c(c1)S(=O)(=O)N(C(C)C)C2=O. The number of fused-ring (bicyclic) bond motifs is 1. The van der Waals surface area contributed by atoms with Crippen molar-refractivity contribution in [1.29, 1.82) is 0 Å². The molecule has 1 aliphatic heterocycles. The Kier molecular flexibility index (Phi) is 4.82. The molecule has 0 aliphatic carbocycles. The molecule has 2 aromatic rings. The Hall–Kier alpha value is -2.67. The highest BCUT2D eigenvalue weighted by molar-refractivity contribution is 7.90. The number of nitrogens with zero attached hydrogens (tertiary/aromatic N) is 1. The predicted molar refractivity (Wildman–Crippen MR) is 103 cm³/mol. The maximum absolute atomic E-state index is 12.7. The van der Waals surface area contributed by atoms with Crippen molar-refractivity contribution >= 4 is 27.5 Å². The largest absolute Gasteiger partial charge is 0.322 e. The van der Waals surface area contributed by atoms with Crippen LogP contribution in [0.5, 0.6) is 0 Å².